The molecule has 0 radical (unpaired) electrons. The van der Waals surface area contributed by atoms with E-state index in [1.165, 1.54) is 18.9 Å². The van der Waals surface area contributed by atoms with Crippen molar-refractivity contribution in [1.29, 1.82) is 0 Å². The maximum atomic E-state index is 12.8. The summed E-state index contributed by atoms with van der Waals surface area (Å²) >= 11 is 0. The van der Waals surface area contributed by atoms with Crippen LogP contribution in [0.5, 0.6) is 0 Å². The van der Waals surface area contributed by atoms with Gasteiger partial charge in [-0.15, -0.1) is 0 Å². The van der Waals surface area contributed by atoms with Gasteiger partial charge in [0, 0.05) is 19.1 Å². The molecule has 2 aliphatic heterocycles. The van der Waals surface area contributed by atoms with Gasteiger partial charge in [-0.3, -0.25) is 4.79 Å². The average molecular weight is 354 g/mol. The molecule has 25 heavy (non-hydrogen) atoms. The highest BCUT2D eigenvalue weighted by Crippen LogP contribution is 2.30. The van der Waals surface area contributed by atoms with E-state index in [0.29, 0.717) is 5.56 Å². The van der Waals surface area contributed by atoms with Gasteiger partial charge in [-0.1, -0.05) is 18.2 Å². The number of carbonyl (C=O) groups excluding carboxylic acids is 1. The summed E-state index contributed by atoms with van der Waals surface area (Å²) in [5.41, 5.74) is -0.254. The van der Waals surface area contributed by atoms with Crippen LogP contribution in [0.25, 0.3) is 0 Å². The van der Waals surface area contributed by atoms with E-state index in [4.69, 9.17) is 0 Å². The van der Waals surface area contributed by atoms with Crippen molar-refractivity contribution < 1.29 is 18.0 Å². The Morgan fingerprint density at radius 3 is 2.52 bits per heavy atom. The first-order valence-electron chi connectivity index (χ1n) is 9.11. The lowest BCUT2D eigenvalue weighted by molar-refractivity contribution is -0.138. The van der Waals surface area contributed by atoms with Crippen molar-refractivity contribution in [1.82, 2.24) is 9.80 Å². The molecule has 1 aromatic rings. The summed E-state index contributed by atoms with van der Waals surface area (Å²) in [6.45, 7) is 3.79. The summed E-state index contributed by atoms with van der Waals surface area (Å²) in [5, 5.41) is 0. The minimum atomic E-state index is -4.37. The van der Waals surface area contributed by atoms with Crippen LogP contribution in [-0.4, -0.2) is 47.9 Å². The normalized spacial score (nSPS) is 22.4. The molecule has 0 spiro atoms. The first-order chi connectivity index (χ1) is 11.9. The maximum Gasteiger partial charge on any atom is 0.416 e. The first-order valence-corrected chi connectivity index (χ1v) is 9.11. The molecule has 3 nitrogen and oxygen atoms in total. The van der Waals surface area contributed by atoms with Gasteiger partial charge in [0.1, 0.15) is 0 Å². The minimum Gasteiger partial charge on any atom is -0.338 e. The van der Waals surface area contributed by atoms with Gasteiger partial charge >= 0.3 is 6.18 Å². The summed E-state index contributed by atoms with van der Waals surface area (Å²) in [6, 6.07) is 5.32. The molecule has 0 N–H and O–H groups in total. The largest absolute Gasteiger partial charge is 0.416 e. The summed E-state index contributed by atoms with van der Waals surface area (Å²) in [5.74, 6) is -0.0526. The number of amides is 1. The lowest BCUT2D eigenvalue weighted by Crippen LogP contribution is -2.49. The Labute approximate surface area is 146 Å². The Kier molecular flexibility index (Phi) is 5.67. The van der Waals surface area contributed by atoms with Crippen LogP contribution in [0.4, 0.5) is 13.2 Å². The molecule has 2 saturated heterocycles. The third-order valence-corrected chi connectivity index (χ3v) is 5.22. The van der Waals surface area contributed by atoms with Gasteiger partial charge in [0.2, 0.25) is 5.91 Å². The molecule has 0 aliphatic carbocycles. The van der Waals surface area contributed by atoms with E-state index in [1.54, 1.807) is 6.07 Å². The predicted octanol–water partition coefficient (Wildman–Crippen LogP) is 3.72. The van der Waals surface area contributed by atoms with E-state index >= 15 is 0 Å². The van der Waals surface area contributed by atoms with Gasteiger partial charge in [-0.2, -0.15) is 13.2 Å². The predicted molar refractivity (Wildman–Crippen MR) is 90.2 cm³/mol. The molecule has 2 aliphatic rings. The molecule has 2 heterocycles. The number of carbonyl (C=O) groups is 1. The Morgan fingerprint density at radius 1 is 1.08 bits per heavy atom. The summed E-state index contributed by atoms with van der Waals surface area (Å²) in [6.07, 6.45) is 1.18. The number of hydrogen-bond donors (Lipinski definition) is 0. The second-order valence-corrected chi connectivity index (χ2v) is 7.12. The SMILES string of the molecule is O=C(Cc1cccc(C(F)(F)F)c1)N1CCCC[C@@H]1CN1CCCC1. The van der Waals surface area contributed by atoms with Crippen LogP contribution in [0.15, 0.2) is 24.3 Å². The van der Waals surface area contributed by atoms with Crippen molar-refractivity contribution in [2.45, 2.75) is 50.7 Å². The van der Waals surface area contributed by atoms with Crippen LogP contribution in [0.2, 0.25) is 0 Å². The highest BCUT2D eigenvalue weighted by Gasteiger charge is 2.32. The molecule has 6 heteroatoms. The topological polar surface area (TPSA) is 23.6 Å². The number of nitrogens with zero attached hydrogens (tertiary/aromatic N) is 2. The Hall–Kier alpha value is -1.56. The lowest BCUT2D eigenvalue weighted by Gasteiger charge is -2.38. The fourth-order valence-electron chi connectivity index (χ4n) is 3.92. The van der Waals surface area contributed by atoms with E-state index in [9.17, 15) is 18.0 Å². The number of halogens is 3. The summed E-state index contributed by atoms with van der Waals surface area (Å²) in [7, 11) is 0. The number of rotatable bonds is 4. The molecular weight excluding hydrogens is 329 g/mol. The van der Waals surface area contributed by atoms with Crippen molar-refractivity contribution in [3.63, 3.8) is 0 Å². The zero-order chi connectivity index (χ0) is 17.9. The number of hydrogen-bond acceptors (Lipinski definition) is 2. The highest BCUT2D eigenvalue weighted by molar-refractivity contribution is 5.79. The van der Waals surface area contributed by atoms with Crippen LogP contribution in [0, 0.1) is 0 Å². The Balaban J connectivity index is 1.66. The fourth-order valence-corrected chi connectivity index (χ4v) is 3.92. The smallest absolute Gasteiger partial charge is 0.338 e. The molecule has 0 aromatic heterocycles. The second kappa shape index (κ2) is 7.77. The third kappa shape index (κ3) is 4.75. The average Bonchev–Trinajstić information content (AvgIpc) is 3.08. The minimum absolute atomic E-state index is 0.0421. The van der Waals surface area contributed by atoms with Crippen molar-refractivity contribution in [3.8, 4) is 0 Å². The summed E-state index contributed by atoms with van der Waals surface area (Å²) < 4.78 is 38.5. The number of alkyl halides is 3. The van der Waals surface area contributed by atoms with Crippen LogP contribution in [0.1, 0.15) is 43.2 Å². The molecule has 0 unspecified atom stereocenters. The van der Waals surface area contributed by atoms with Gasteiger partial charge in [0.25, 0.3) is 0 Å². The van der Waals surface area contributed by atoms with Crippen molar-refractivity contribution in [2.24, 2.45) is 0 Å². The maximum absolute atomic E-state index is 12.8. The van der Waals surface area contributed by atoms with Gasteiger partial charge in [0.05, 0.1) is 12.0 Å². The highest BCUT2D eigenvalue weighted by atomic mass is 19.4. The molecule has 1 amide bonds. The standard InChI is InChI=1S/C19H25F3N2O/c20-19(21,22)16-7-5-6-15(12-16)13-18(25)24-11-2-1-8-17(24)14-23-9-3-4-10-23/h5-7,12,17H,1-4,8-11,13-14H2/t17-/m1/s1. The van der Waals surface area contributed by atoms with E-state index in [1.807, 2.05) is 4.90 Å². The van der Waals surface area contributed by atoms with Crippen molar-refractivity contribution in [3.05, 3.63) is 35.4 Å². The summed E-state index contributed by atoms with van der Waals surface area (Å²) in [4.78, 5) is 17.0. The monoisotopic (exact) mass is 354 g/mol. The second-order valence-electron chi connectivity index (χ2n) is 7.12. The third-order valence-electron chi connectivity index (χ3n) is 5.22. The quantitative estimate of drug-likeness (QED) is 0.823. The van der Waals surface area contributed by atoms with Crippen LogP contribution < -0.4 is 0 Å². The molecule has 3 rings (SSSR count). The number of benzene rings is 1. The molecule has 0 bridgehead atoms. The van der Waals surface area contributed by atoms with Crippen molar-refractivity contribution >= 4 is 5.91 Å². The van der Waals surface area contributed by atoms with Gasteiger partial charge < -0.3 is 9.80 Å². The Bertz CT molecular complexity index is 597. The van der Waals surface area contributed by atoms with Gasteiger partial charge in [0.15, 0.2) is 0 Å². The zero-order valence-electron chi connectivity index (χ0n) is 14.4. The van der Waals surface area contributed by atoms with E-state index in [0.717, 1.165) is 57.6 Å². The lowest BCUT2D eigenvalue weighted by atomic mass is 9.99. The van der Waals surface area contributed by atoms with Gasteiger partial charge in [-0.05, 0) is 56.8 Å². The van der Waals surface area contributed by atoms with E-state index in [-0.39, 0.29) is 18.4 Å². The van der Waals surface area contributed by atoms with Crippen molar-refractivity contribution in [2.75, 3.05) is 26.2 Å². The van der Waals surface area contributed by atoms with Crippen LogP contribution in [0.3, 0.4) is 0 Å². The van der Waals surface area contributed by atoms with Crippen LogP contribution in [-0.2, 0) is 17.4 Å². The molecular formula is C19H25F3N2O. The molecule has 1 atom stereocenters. The molecule has 2 fully saturated rings. The zero-order valence-corrected chi connectivity index (χ0v) is 14.4. The van der Waals surface area contributed by atoms with E-state index < -0.39 is 11.7 Å². The van der Waals surface area contributed by atoms with Crippen LogP contribution >= 0.6 is 0 Å². The van der Waals surface area contributed by atoms with Gasteiger partial charge in [-0.25, -0.2) is 0 Å². The fraction of sp³-hybridized carbons (Fsp3) is 0.632. The molecule has 0 saturated carbocycles. The number of likely N-dealkylation sites (tertiary alicyclic amines) is 2. The first kappa shape index (κ1) is 18.2. The molecule has 138 valence electrons. The number of piperidine rings is 1. The van der Waals surface area contributed by atoms with E-state index in [2.05, 4.69) is 4.90 Å². The molecule has 1 aromatic carbocycles. The Morgan fingerprint density at radius 2 is 1.80 bits per heavy atom.